The third kappa shape index (κ3) is 1.64. The predicted octanol–water partition coefficient (Wildman–Crippen LogP) is 2.40. The molecule has 0 saturated heterocycles. The Morgan fingerprint density at radius 2 is 2.13 bits per heavy atom. The molecule has 2 heterocycles. The first-order valence-electron chi connectivity index (χ1n) is 7.75. The summed E-state index contributed by atoms with van der Waals surface area (Å²) in [6.45, 7) is 0.926. The average molecular weight is 309 g/mol. The molecular weight excluding hydrogens is 294 g/mol. The minimum Gasteiger partial charge on any atom is -0.508 e. The minimum absolute atomic E-state index is 0.00458. The number of hydrogen-bond acceptors (Lipinski definition) is 4. The summed E-state index contributed by atoms with van der Waals surface area (Å²) >= 11 is 0. The molecule has 3 aliphatic rings. The first-order valence-corrected chi connectivity index (χ1v) is 7.75. The Kier molecular flexibility index (Phi) is 2.46. The van der Waals surface area contributed by atoms with E-state index in [1.807, 2.05) is 11.0 Å². The fourth-order valence-electron chi connectivity index (χ4n) is 4.08. The Labute approximate surface area is 133 Å². The maximum absolute atomic E-state index is 11.5. The van der Waals surface area contributed by atoms with Crippen LogP contribution in [0, 0.1) is 0 Å². The van der Waals surface area contributed by atoms with E-state index >= 15 is 0 Å². The molecule has 0 aromatic heterocycles. The molecule has 0 fully saturated rings. The molecule has 5 rings (SSSR count). The van der Waals surface area contributed by atoms with E-state index < -0.39 is 0 Å². The number of carbonyl (C=O) groups excluding carboxylic acids is 1. The number of rotatable bonds is 1. The van der Waals surface area contributed by atoms with Gasteiger partial charge in [0.25, 0.3) is 0 Å². The number of carbonyl (C=O) groups is 1. The third-order valence-electron chi connectivity index (χ3n) is 5.07. The number of phenols is 1. The first kappa shape index (κ1) is 12.8. The fraction of sp³-hybridized carbons (Fsp3) is 0.278. The quantitative estimate of drug-likeness (QED) is 0.822. The van der Waals surface area contributed by atoms with Gasteiger partial charge in [-0.1, -0.05) is 6.07 Å². The zero-order chi connectivity index (χ0) is 15.6. The van der Waals surface area contributed by atoms with Gasteiger partial charge in [0.1, 0.15) is 5.75 Å². The van der Waals surface area contributed by atoms with E-state index in [-0.39, 0.29) is 18.6 Å². The van der Waals surface area contributed by atoms with Crippen molar-refractivity contribution in [3.63, 3.8) is 0 Å². The van der Waals surface area contributed by atoms with Crippen LogP contribution in [0.4, 0.5) is 0 Å². The van der Waals surface area contributed by atoms with Crippen LogP contribution in [0.25, 0.3) is 11.1 Å². The lowest BCUT2D eigenvalue weighted by atomic mass is 9.76. The molecule has 0 spiro atoms. The van der Waals surface area contributed by atoms with Gasteiger partial charge in [-0.25, -0.2) is 0 Å². The smallest absolute Gasteiger partial charge is 0.231 e. The summed E-state index contributed by atoms with van der Waals surface area (Å²) in [5.41, 5.74) is 5.51. The van der Waals surface area contributed by atoms with Gasteiger partial charge in [0.2, 0.25) is 13.2 Å². The number of ether oxygens (including phenoxy) is 2. The van der Waals surface area contributed by atoms with Crippen molar-refractivity contribution in [2.45, 2.75) is 18.9 Å². The maximum atomic E-state index is 11.5. The summed E-state index contributed by atoms with van der Waals surface area (Å²) in [7, 11) is 0. The van der Waals surface area contributed by atoms with E-state index in [9.17, 15) is 9.90 Å². The number of benzene rings is 2. The van der Waals surface area contributed by atoms with Crippen LogP contribution in [0.15, 0.2) is 24.3 Å². The Morgan fingerprint density at radius 3 is 3.00 bits per heavy atom. The van der Waals surface area contributed by atoms with Crippen molar-refractivity contribution in [2.24, 2.45) is 0 Å². The molecule has 1 aliphatic carbocycles. The normalized spacial score (nSPS) is 20.0. The molecular formula is C18H15NO4. The first-order chi connectivity index (χ1) is 11.3. The SMILES string of the molecule is O=CN1CCc2cc3c(c4c2C1Cc1cc(O)ccc1-4)OCO3. The second-order valence-electron chi connectivity index (χ2n) is 6.21. The molecule has 116 valence electrons. The number of phenolic OH excluding ortho intramolecular Hbond substituents is 1. The van der Waals surface area contributed by atoms with E-state index in [1.54, 1.807) is 12.1 Å². The maximum Gasteiger partial charge on any atom is 0.231 e. The highest BCUT2D eigenvalue weighted by Gasteiger charge is 2.38. The number of amides is 1. The lowest BCUT2D eigenvalue weighted by Crippen LogP contribution is -2.37. The summed E-state index contributed by atoms with van der Waals surface area (Å²) in [6.07, 6.45) is 2.46. The Bertz CT molecular complexity index is 845. The number of aromatic hydroxyl groups is 1. The van der Waals surface area contributed by atoms with E-state index in [4.69, 9.17) is 9.47 Å². The summed E-state index contributed by atoms with van der Waals surface area (Å²) in [5.74, 6) is 1.77. The highest BCUT2D eigenvalue weighted by molar-refractivity contribution is 5.84. The van der Waals surface area contributed by atoms with Gasteiger partial charge in [-0.15, -0.1) is 0 Å². The summed E-state index contributed by atoms with van der Waals surface area (Å²) in [6, 6.07) is 7.46. The zero-order valence-corrected chi connectivity index (χ0v) is 12.4. The number of nitrogens with zero attached hydrogens (tertiary/aromatic N) is 1. The third-order valence-corrected chi connectivity index (χ3v) is 5.07. The molecule has 2 aliphatic heterocycles. The highest BCUT2D eigenvalue weighted by atomic mass is 16.7. The molecule has 0 saturated carbocycles. The summed E-state index contributed by atoms with van der Waals surface area (Å²) in [5, 5.41) is 9.84. The van der Waals surface area contributed by atoms with Crippen molar-refractivity contribution < 1.29 is 19.4 Å². The monoisotopic (exact) mass is 309 g/mol. The van der Waals surface area contributed by atoms with E-state index in [0.29, 0.717) is 13.0 Å². The van der Waals surface area contributed by atoms with Gasteiger partial charge in [-0.2, -0.15) is 0 Å². The van der Waals surface area contributed by atoms with Crippen molar-refractivity contribution in [1.82, 2.24) is 4.90 Å². The van der Waals surface area contributed by atoms with E-state index in [1.165, 1.54) is 11.1 Å². The van der Waals surface area contributed by atoms with Gasteiger partial charge >= 0.3 is 0 Å². The number of fused-ring (bicyclic) bond motifs is 4. The molecule has 5 heteroatoms. The van der Waals surface area contributed by atoms with Gasteiger partial charge < -0.3 is 19.5 Å². The zero-order valence-electron chi connectivity index (χ0n) is 12.4. The average Bonchev–Trinajstić information content (AvgIpc) is 3.02. The van der Waals surface area contributed by atoms with Crippen LogP contribution in [0.5, 0.6) is 17.2 Å². The molecule has 1 N–H and O–H groups in total. The molecule has 0 radical (unpaired) electrons. The van der Waals surface area contributed by atoms with Crippen LogP contribution in [0.1, 0.15) is 22.7 Å². The van der Waals surface area contributed by atoms with Crippen molar-refractivity contribution in [1.29, 1.82) is 0 Å². The molecule has 2 aromatic carbocycles. The Hall–Kier alpha value is -2.69. The largest absolute Gasteiger partial charge is 0.508 e. The van der Waals surface area contributed by atoms with Crippen LogP contribution < -0.4 is 9.47 Å². The standard InChI is InChI=1S/C18H15NO4/c20-8-19-4-3-10-7-15-18(23-9-22-15)17-13-2-1-12(21)5-11(13)6-14(19)16(10)17/h1-2,5,7-8,14,21H,3-4,6,9H2. The van der Waals surface area contributed by atoms with Crippen LogP contribution >= 0.6 is 0 Å². The second kappa shape index (κ2) is 4.41. The Balaban J connectivity index is 1.85. The molecule has 2 aromatic rings. The lowest BCUT2D eigenvalue weighted by molar-refractivity contribution is -0.120. The van der Waals surface area contributed by atoms with Crippen molar-refractivity contribution in [2.75, 3.05) is 13.3 Å². The van der Waals surface area contributed by atoms with Crippen LogP contribution in [0.2, 0.25) is 0 Å². The van der Waals surface area contributed by atoms with Gasteiger partial charge in [-0.3, -0.25) is 4.79 Å². The minimum atomic E-state index is -0.00458. The van der Waals surface area contributed by atoms with Gasteiger partial charge in [0.15, 0.2) is 11.5 Å². The van der Waals surface area contributed by atoms with Crippen molar-refractivity contribution in [3.05, 3.63) is 41.0 Å². The second-order valence-corrected chi connectivity index (χ2v) is 6.21. The Morgan fingerprint density at radius 1 is 1.22 bits per heavy atom. The van der Waals surface area contributed by atoms with Crippen LogP contribution in [0.3, 0.4) is 0 Å². The molecule has 1 amide bonds. The van der Waals surface area contributed by atoms with Gasteiger partial charge in [0, 0.05) is 12.1 Å². The van der Waals surface area contributed by atoms with E-state index in [0.717, 1.165) is 41.0 Å². The molecule has 1 atom stereocenters. The fourth-order valence-corrected chi connectivity index (χ4v) is 4.08. The molecule has 1 unspecified atom stereocenters. The topological polar surface area (TPSA) is 59.0 Å². The van der Waals surface area contributed by atoms with E-state index in [2.05, 4.69) is 6.07 Å². The van der Waals surface area contributed by atoms with Crippen LogP contribution in [-0.4, -0.2) is 29.8 Å². The lowest BCUT2D eigenvalue weighted by Gasteiger charge is -2.40. The highest BCUT2D eigenvalue weighted by Crippen LogP contribution is 2.53. The molecule has 23 heavy (non-hydrogen) atoms. The number of hydrogen-bond donors (Lipinski definition) is 1. The summed E-state index contributed by atoms with van der Waals surface area (Å²) < 4.78 is 11.3. The van der Waals surface area contributed by atoms with Crippen LogP contribution in [-0.2, 0) is 17.6 Å². The molecule has 0 bridgehead atoms. The predicted molar refractivity (Wildman–Crippen MR) is 82.6 cm³/mol. The molecule has 5 nitrogen and oxygen atoms in total. The van der Waals surface area contributed by atoms with Crippen molar-refractivity contribution >= 4 is 6.41 Å². The van der Waals surface area contributed by atoms with Gasteiger partial charge in [-0.05, 0) is 53.3 Å². The summed E-state index contributed by atoms with van der Waals surface area (Å²) in [4.78, 5) is 13.4. The van der Waals surface area contributed by atoms with Gasteiger partial charge in [0.05, 0.1) is 6.04 Å². The van der Waals surface area contributed by atoms with Crippen molar-refractivity contribution in [3.8, 4) is 28.4 Å².